The van der Waals surface area contributed by atoms with Crippen LogP contribution >= 0.6 is 11.6 Å². The molecule has 1 fully saturated rings. The molecule has 1 N–H and O–H groups in total. The maximum atomic E-state index is 5.93. The number of hydrogen-bond donors (Lipinski definition) is 1. The van der Waals surface area contributed by atoms with Gasteiger partial charge in [-0.25, -0.2) is 0 Å². The minimum absolute atomic E-state index is 0.0914. The largest absolute Gasteiger partial charge is 0.354 e. The zero-order chi connectivity index (χ0) is 12.5. The van der Waals surface area contributed by atoms with Crippen molar-refractivity contribution < 1.29 is 0 Å². The van der Waals surface area contributed by atoms with Gasteiger partial charge in [-0.2, -0.15) is 15.0 Å². The minimum Gasteiger partial charge on any atom is -0.354 e. The van der Waals surface area contributed by atoms with Crippen LogP contribution in [0.1, 0.15) is 33.6 Å². The predicted octanol–water partition coefficient (Wildman–Crippen LogP) is 2.34. The van der Waals surface area contributed by atoms with Crippen molar-refractivity contribution in [1.82, 2.24) is 15.0 Å². The molecule has 0 atom stereocenters. The van der Waals surface area contributed by atoms with E-state index in [1.807, 2.05) is 6.92 Å². The first-order chi connectivity index (χ1) is 8.03. The summed E-state index contributed by atoms with van der Waals surface area (Å²) in [6, 6.07) is 0. The second-order valence-electron chi connectivity index (χ2n) is 4.83. The third-order valence-electron chi connectivity index (χ3n) is 3.07. The second kappa shape index (κ2) is 4.64. The summed E-state index contributed by atoms with van der Waals surface area (Å²) in [5, 5.41) is 3.31. The highest BCUT2D eigenvalue weighted by atomic mass is 35.5. The number of hydrogen-bond acceptors (Lipinski definition) is 5. The maximum absolute atomic E-state index is 5.93. The Kier molecular flexibility index (Phi) is 3.38. The van der Waals surface area contributed by atoms with E-state index < -0.39 is 0 Å². The Balaban J connectivity index is 2.31. The van der Waals surface area contributed by atoms with E-state index in [0.29, 0.717) is 11.9 Å². The van der Waals surface area contributed by atoms with Crippen LogP contribution in [0.25, 0.3) is 0 Å². The first-order valence-corrected chi connectivity index (χ1v) is 6.34. The summed E-state index contributed by atoms with van der Waals surface area (Å²) in [7, 11) is 0. The third-order valence-corrected chi connectivity index (χ3v) is 3.24. The van der Waals surface area contributed by atoms with Crippen molar-refractivity contribution >= 4 is 23.5 Å². The lowest BCUT2D eigenvalue weighted by Gasteiger charge is -2.31. The molecule has 1 aromatic heterocycles. The van der Waals surface area contributed by atoms with Crippen molar-refractivity contribution in [3.63, 3.8) is 0 Å². The van der Waals surface area contributed by atoms with Crippen LogP contribution in [-0.2, 0) is 0 Å². The van der Waals surface area contributed by atoms with Gasteiger partial charge in [0.05, 0.1) is 0 Å². The third kappa shape index (κ3) is 2.60. The molecule has 0 bridgehead atoms. The predicted molar refractivity (Wildman–Crippen MR) is 69.7 cm³/mol. The van der Waals surface area contributed by atoms with Crippen LogP contribution in [0.15, 0.2) is 0 Å². The molecule has 0 radical (unpaired) electrons. The van der Waals surface area contributed by atoms with Gasteiger partial charge in [0.1, 0.15) is 0 Å². The lowest BCUT2D eigenvalue weighted by atomic mass is 10.0. The van der Waals surface area contributed by atoms with Crippen molar-refractivity contribution in [2.75, 3.05) is 23.3 Å². The highest BCUT2D eigenvalue weighted by Crippen LogP contribution is 2.31. The Bertz CT molecular complexity index is 407. The van der Waals surface area contributed by atoms with E-state index in [0.717, 1.165) is 25.9 Å². The van der Waals surface area contributed by atoms with E-state index in [2.05, 4.69) is 39.0 Å². The Morgan fingerprint density at radius 1 is 1.35 bits per heavy atom. The van der Waals surface area contributed by atoms with E-state index >= 15 is 0 Å². The molecule has 6 heteroatoms. The van der Waals surface area contributed by atoms with Gasteiger partial charge in [-0.15, -0.1) is 0 Å². The van der Waals surface area contributed by atoms with Gasteiger partial charge < -0.3 is 10.2 Å². The highest BCUT2D eigenvalue weighted by Gasteiger charge is 2.34. The quantitative estimate of drug-likeness (QED) is 0.899. The zero-order valence-electron chi connectivity index (χ0n) is 10.5. The van der Waals surface area contributed by atoms with Crippen molar-refractivity contribution in [3.05, 3.63) is 5.28 Å². The molecule has 5 nitrogen and oxygen atoms in total. The van der Waals surface area contributed by atoms with Gasteiger partial charge in [-0.3, -0.25) is 0 Å². The van der Waals surface area contributed by atoms with E-state index in [4.69, 9.17) is 11.6 Å². The van der Waals surface area contributed by atoms with Crippen LogP contribution in [0.2, 0.25) is 5.28 Å². The summed E-state index contributed by atoms with van der Waals surface area (Å²) in [5.74, 6) is 1.22. The summed E-state index contributed by atoms with van der Waals surface area (Å²) >= 11 is 5.93. The first-order valence-electron chi connectivity index (χ1n) is 5.96. The summed E-state index contributed by atoms with van der Waals surface area (Å²) in [6.45, 7) is 8.13. The van der Waals surface area contributed by atoms with Crippen LogP contribution in [0.3, 0.4) is 0 Å². The molecule has 1 aromatic rings. The molecule has 1 aliphatic heterocycles. The average molecular weight is 256 g/mol. The Labute approximate surface area is 107 Å². The number of rotatable bonds is 3. The summed E-state index contributed by atoms with van der Waals surface area (Å²) in [4.78, 5) is 14.9. The van der Waals surface area contributed by atoms with Gasteiger partial charge in [0.25, 0.3) is 0 Å². The number of anilines is 2. The van der Waals surface area contributed by atoms with Crippen LogP contribution in [0.4, 0.5) is 11.9 Å². The van der Waals surface area contributed by atoms with E-state index in [9.17, 15) is 0 Å². The number of nitrogens with one attached hydrogen (secondary N) is 1. The topological polar surface area (TPSA) is 53.9 Å². The van der Waals surface area contributed by atoms with Gasteiger partial charge in [0, 0.05) is 18.6 Å². The molecule has 0 spiro atoms. The van der Waals surface area contributed by atoms with Crippen LogP contribution in [-0.4, -0.2) is 33.6 Å². The molecule has 94 valence electrons. The van der Waals surface area contributed by atoms with Gasteiger partial charge in [0.2, 0.25) is 17.2 Å². The lowest BCUT2D eigenvalue weighted by Crippen LogP contribution is -2.39. The molecule has 2 heterocycles. The molecule has 1 aliphatic rings. The molecular formula is C11H18ClN5. The zero-order valence-corrected chi connectivity index (χ0v) is 11.3. The van der Waals surface area contributed by atoms with E-state index in [1.54, 1.807) is 0 Å². The number of halogens is 1. The van der Waals surface area contributed by atoms with Crippen molar-refractivity contribution in [2.24, 2.45) is 0 Å². The molecular weight excluding hydrogens is 238 g/mol. The van der Waals surface area contributed by atoms with Gasteiger partial charge in [0.15, 0.2) is 0 Å². The standard InChI is InChI=1S/C11H18ClN5/c1-4-13-9-14-8(12)15-10(16-9)17-7-5-6-11(17,2)3/h4-7H2,1-3H3,(H,13,14,15,16). The van der Waals surface area contributed by atoms with Crippen LogP contribution < -0.4 is 10.2 Å². The lowest BCUT2D eigenvalue weighted by molar-refractivity contribution is 0.509. The molecule has 1 saturated heterocycles. The summed E-state index contributed by atoms with van der Waals surface area (Å²) in [6.07, 6.45) is 2.31. The Morgan fingerprint density at radius 2 is 2.12 bits per heavy atom. The molecule has 0 unspecified atom stereocenters. The maximum Gasteiger partial charge on any atom is 0.231 e. The SMILES string of the molecule is CCNc1nc(Cl)nc(N2CCCC2(C)C)n1. The highest BCUT2D eigenvalue weighted by molar-refractivity contribution is 6.28. The Hall–Kier alpha value is -1.10. The van der Waals surface area contributed by atoms with Gasteiger partial charge >= 0.3 is 0 Å². The molecule has 0 amide bonds. The normalized spacial score (nSPS) is 18.5. The van der Waals surface area contributed by atoms with E-state index in [1.165, 1.54) is 0 Å². The minimum atomic E-state index is 0.0914. The molecule has 0 aromatic carbocycles. The monoisotopic (exact) mass is 255 g/mol. The van der Waals surface area contributed by atoms with Crippen LogP contribution in [0.5, 0.6) is 0 Å². The van der Waals surface area contributed by atoms with Crippen molar-refractivity contribution in [3.8, 4) is 0 Å². The number of aromatic nitrogens is 3. The molecule has 0 aliphatic carbocycles. The average Bonchev–Trinajstić information content (AvgIpc) is 2.57. The van der Waals surface area contributed by atoms with Gasteiger partial charge in [-0.05, 0) is 45.2 Å². The summed E-state index contributed by atoms with van der Waals surface area (Å²) < 4.78 is 0. The molecule has 17 heavy (non-hydrogen) atoms. The smallest absolute Gasteiger partial charge is 0.231 e. The molecule has 2 rings (SSSR count). The van der Waals surface area contributed by atoms with Crippen LogP contribution in [0, 0.1) is 0 Å². The fourth-order valence-corrected chi connectivity index (χ4v) is 2.33. The van der Waals surface area contributed by atoms with Gasteiger partial charge in [-0.1, -0.05) is 0 Å². The second-order valence-corrected chi connectivity index (χ2v) is 5.16. The van der Waals surface area contributed by atoms with Crippen molar-refractivity contribution in [2.45, 2.75) is 39.2 Å². The fourth-order valence-electron chi connectivity index (χ4n) is 2.18. The van der Waals surface area contributed by atoms with Crippen molar-refractivity contribution in [1.29, 1.82) is 0 Å². The Morgan fingerprint density at radius 3 is 2.71 bits per heavy atom. The number of nitrogens with zero attached hydrogens (tertiary/aromatic N) is 4. The summed E-state index contributed by atoms with van der Waals surface area (Å²) in [5.41, 5.74) is 0.0914. The molecule has 0 saturated carbocycles. The first kappa shape index (κ1) is 12.4. The van der Waals surface area contributed by atoms with E-state index in [-0.39, 0.29) is 10.8 Å². The fraction of sp³-hybridized carbons (Fsp3) is 0.727.